The van der Waals surface area contributed by atoms with E-state index in [-0.39, 0.29) is 16.6 Å². The molecule has 0 saturated heterocycles. The molecule has 4 heteroatoms. The normalized spacial score (nSPS) is 18.2. The van der Waals surface area contributed by atoms with Crippen molar-refractivity contribution in [2.75, 3.05) is 0 Å². The third-order valence-electron chi connectivity index (χ3n) is 2.23. The number of amides is 1. The van der Waals surface area contributed by atoms with Gasteiger partial charge in [-0.15, -0.1) is 0 Å². The number of nitrogens with one attached hydrogen (secondary N) is 1. The zero-order valence-corrected chi connectivity index (χ0v) is 8.14. The number of carbonyl (C=O) groups excluding carboxylic acids is 1. The van der Waals surface area contributed by atoms with Crippen LogP contribution in [-0.2, 0) is 5.54 Å². The Morgan fingerprint density at radius 3 is 2.85 bits per heavy atom. The predicted molar refractivity (Wildman–Crippen MR) is 49.7 cm³/mol. The van der Waals surface area contributed by atoms with E-state index in [0.717, 1.165) is 5.56 Å². The lowest BCUT2D eigenvalue weighted by molar-refractivity contribution is 0.0940. The molecular weight excluding hydrogens is 188 g/mol. The molecule has 0 aromatic carbocycles. The second kappa shape index (κ2) is 2.45. The highest BCUT2D eigenvalue weighted by Crippen LogP contribution is 2.32. The van der Waals surface area contributed by atoms with Crippen LogP contribution < -0.4 is 5.32 Å². The SMILES string of the molecule is CC1(C)NC(=O)c2c1ccnc2Cl. The topological polar surface area (TPSA) is 42.0 Å². The van der Waals surface area contributed by atoms with E-state index in [0.29, 0.717) is 5.56 Å². The number of rotatable bonds is 0. The summed E-state index contributed by atoms with van der Waals surface area (Å²) in [6.07, 6.45) is 1.61. The molecule has 1 aromatic rings. The quantitative estimate of drug-likeness (QED) is 0.642. The molecule has 13 heavy (non-hydrogen) atoms. The van der Waals surface area contributed by atoms with Crippen LogP contribution >= 0.6 is 11.6 Å². The monoisotopic (exact) mass is 196 g/mol. The Kier molecular flexibility index (Phi) is 1.60. The van der Waals surface area contributed by atoms with E-state index < -0.39 is 0 Å². The largest absolute Gasteiger partial charge is 0.343 e. The first-order valence-corrected chi connectivity index (χ1v) is 4.37. The fraction of sp³-hybridized carbons (Fsp3) is 0.333. The maximum atomic E-state index is 11.5. The standard InChI is InChI=1S/C9H9ClN2O/c1-9(2)5-3-4-11-7(10)6(5)8(13)12-9/h3-4H,1-2H3,(H,12,13). The molecule has 0 unspecified atom stereocenters. The number of nitrogens with zero attached hydrogens (tertiary/aromatic N) is 1. The third kappa shape index (κ3) is 1.11. The van der Waals surface area contributed by atoms with Crippen LogP contribution in [0.4, 0.5) is 0 Å². The minimum atomic E-state index is -0.334. The van der Waals surface area contributed by atoms with Crippen LogP contribution in [0.2, 0.25) is 5.15 Å². The molecule has 0 atom stereocenters. The summed E-state index contributed by atoms with van der Waals surface area (Å²) >= 11 is 5.82. The average Bonchev–Trinajstić information content (AvgIpc) is 2.24. The van der Waals surface area contributed by atoms with E-state index in [4.69, 9.17) is 11.6 Å². The summed E-state index contributed by atoms with van der Waals surface area (Å²) in [7, 11) is 0. The molecule has 1 N–H and O–H groups in total. The molecule has 2 heterocycles. The Labute approximate surface area is 81.1 Å². The highest BCUT2D eigenvalue weighted by Gasteiger charge is 2.36. The van der Waals surface area contributed by atoms with Crippen molar-refractivity contribution in [1.29, 1.82) is 0 Å². The molecule has 2 rings (SSSR count). The Morgan fingerprint density at radius 2 is 2.23 bits per heavy atom. The summed E-state index contributed by atoms with van der Waals surface area (Å²) in [6.45, 7) is 3.88. The van der Waals surface area contributed by atoms with Gasteiger partial charge in [-0.2, -0.15) is 0 Å². The van der Waals surface area contributed by atoms with Crippen LogP contribution in [0.15, 0.2) is 12.3 Å². The Hall–Kier alpha value is -1.09. The molecule has 1 amide bonds. The van der Waals surface area contributed by atoms with Crippen molar-refractivity contribution in [3.05, 3.63) is 28.5 Å². The number of fused-ring (bicyclic) bond motifs is 1. The molecule has 0 aliphatic carbocycles. The van der Waals surface area contributed by atoms with E-state index in [1.54, 1.807) is 6.20 Å². The van der Waals surface area contributed by atoms with Crippen LogP contribution in [0, 0.1) is 0 Å². The fourth-order valence-corrected chi connectivity index (χ4v) is 1.83. The van der Waals surface area contributed by atoms with Gasteiger partial charge in [0.1, 0.15) is 5.15 Å². The van der Waals surface area contributed by atoms with Crippen LogP contribution in [-0.4, -0.2) is 10.9 Å². The van der Waals surface area contributed by atoms with E-state index in [9.17, 15) is 4.79 Å². The van der Waals surface area contributed by atoms with Crippen molar-refractivity contribution < 1.29 is 4.79 Å². The minimum absolute atomic E-state index is 0.141. The first-order chi connectivity index (χ1) is 6.02. The predicted octanol–water partition coefficient (Wildman–Crippen LogP) is 1.71. The smallest absolute Gasteiger partial charge is 0.255 e. The molecular formula is C9H9ClN2O. The van der Waals surface area contributed by atoms with Crippen molar-refractivity contribution in [1.82, 2.24) is 10.3 Å². The summed E-state index contributed by atoms with van der Waals surface area (Å²) in [6, 6.07) is 1.82. The van der Waals surface area contributed by atoms with Crippen LogP contribution in [0.1, 0.15) is 29.8 Å². The summed E-state index contributed by atoms with van der Waals surface area (Å²) < 4.78 is 0. The van der Waals surface area contributed by atoms with Gasteiger partial charge in [0.25, 0.3) is 5.91 Å². The van der Waals surface area contributed by atoms with Crippen molar-refractivity contribution in [3.63, 3.8) is 0 Å². The van der Waals surface area contributed by atoms with Gasteiger partial charge in [0.2, 0.25) is 0 Å². The van der Waals surface area contributed by atoms with E-state index >= 15 is 0 Å². The molecule has 3 nitrogen and oxygen atoms in total. The van der Waals surface area contributed by atoms with Gasteiger partial charge < -0.3 is 5.32 Å². The third-order valence-corrected chi connectivity index (χ3v) is 2.52. The fourth-order valence-electron chi connectivity index (χ4n) is 1.59. The minimum Gasteiger partial charge on any atom is -0.343 e. The summed E-state index contributed by atoms with van der Waals surface area (Å²) in [5.41, 5.74) is 1.09. The Morgan fingerprint density at radius 1 is 1.54 bits per heavy atom. The van der Waals surface area contributed by atoms with Gasteiger partial charge in [-0.05, 0) is 25.5 Å². The molecule has 0 spiro atoms. The molecule has 0 fully saturated rings. The second-order valence-electron chi connectivity index (χ2n) is 3.60. The number of halogens is 1. The van der Waals surface area contributed by atoms with Crippen LogP contribution in [0.3, 0.4) is 0 Å². The second-order valence-corrected chi connectivity index (χ2v) is 3.96. The lowest BCUT2D eigenvalue weighted by atomic mass is 9.96. The maximum absolute atomic E-state index is 11.5. The molecule has 0 radical (unpaired) electrons. The maximum Gasteiger partial charge on any atom is 0.255 e. The molecule has 1 aromatic heterocycles. The molecule has 0 bridgehead atoms. The lowest BCUT2D eigenvalue weighted by Crippen LogP contribution is -2.32. The van der Waals surface area contributed by atoms with Gasteiger partial charge in [0.15, 0.2) is 0 Å². The molecule has 1 aliphatic rings. The highest BCUT2D eigenvalue weighted by atomic mass is 35.5. The highest BCUT2D eigenvalue weighted by molar-refractivity contribution is 6.33. The summed E-state index contributed by atoms with van der Waals surface area (Å²) in [4.78, 5) is 15.3. The summed E-state index contributed by atoms with van der Waals surface area (Å²) in [5, 5.41) is 3.11. The van der Waals surface area contributed by atoms with Crippen LogP contribution in [0.5, 0.6) is 0 Å². The van der Waals surface area contributed by atoms with E-state index in [1.807, 2.05) is 19.9 Å². The molecule has 0 saturated carbocycles. The van der Waals surface area contributed by atoms with Gasteiger partial charge in [-0.1, -0.05) is 11.6 Å². The van der Waals surface area contributed by atoms with Gasteiger partial charge in [0.05, 0.1) is 11.1 Å². The summed E-state index contributed by atoms with van der Waals surface area (Å²) in [5.74, 6) is -0.141. The zero-order valence-electron chi connectivity index (χ0n) is 7.39. The zero-order chi connectivity index (χ0) is 9.64. The number of hydrogen-bond acceptors (Lipinski definition) is 2. The number of hydrogen-bond donors (Lipinski definition) is 1. The Bertz CT molecular complexity index is 387. The van der Waals surface area contributed by atoms with Crippen molar-refractivity contribution >= 4 is 17.5 Å². The van der Waals surface area contributed by atoms with Gasteiger partial charge in [-0.3, -0.25) is 4.79 Å². The number of pyridine rings is 1. The van der Waals surface area contributed by atoms with Crippen molar-refractivity contribution in [2.45, 2.75) is 19.4 Å². The van der Waals surface area contributed by atoms with E-state index in [1.165, 1.54) is 0 Å². The number of carbonyl (C=O) groups is 1. The van der Waals surface area contributed by atoms with Crippen molar-refractivity contribution in [3.8, 4) is 0 Å². The van der Waals surface area contributed by atoms with Gasteiger partial charge >= 0.3 is 0 Å². The first kappa shape index (κ1) is 8.51. The number of aromatic nitrogens is 1. The first-order valence-electron chi connectivity index (χ1n) is 4.00. The van der Waals surface area contributed by atoms with E-state index in [2.05, 4.69) is 10.3 Å². The van der Waals surface area contributed by atoms with Gasteiger partial charge in [-0.25, -0.2) is 4.98 Å². The average molecular weight is 197 g/mol. The molecule has 68 valence electrons. The molecule has 1 aliphatic heterocycles. The van der Waals surface area contributed by atoms with Gasteiger partial charge in [0, 0.05) is 6.20 Å². The van der Waals surface area contributed by atoms with Crippen LogP contribution in [0.25, 0.3) is 0 Å². The van der Waals surface area contributed by atoms with Crippen molar-refractivity contribution in [2.24, 2.45) is 0 Å². The Balaban J connectivity index is 2.72. The lowest BCUT2D eigenvalue weighted by Gasteiger charge is -2.18.